The predicted molar refractivity (Wildman–Crippen MR) is 139 cm³/mol. The molecule has 0 bridgehead atoms. The third-order valence-corrected chi connectivity index (χ3v) is 8.75. The number of rotatable bonds is 4. The van der Waals surface area contributed by atoms with Crippen molar-refractivity contribution in [2.45, 2.75) is 36.6 Å². The molecule has 3 aromatic carbocycles. The van der Waals surface area contributed by atoms with Crippen LogP contribution in [0.15, 0.2) is 78.9 Å². The molecular weight excluding hydrogens is 448 g/mol. The van der Waals surface area contributed by atoms with E-state index in [2.05, 4.69) is 76.9 Å². The molecule has 2 saturated heterocycles. The smallest absolute Gasteiger partial charge is 0.233 e. The number of fused-ring (bicyclic) bond motifs is 2. The Kier molecular flexibility index (Phi) is 6.18. The van der Waals surface area contributed by atoms with E-state index in [4.69, 9.17) is 9.47 Å². The lowest BCUT2D eigenvalue weighted by atomic mass is 9.68. The van der Waals surface area contributed by atoms with Gasteiger partial charge in [0.15, 0.2) is 11.5 Å². The summed E-state index contributed by atoms with van der Waals surface area (Å²) < 4.78 is 11.7. The molecule has 0 aromatic heterocycles. The first kappa shape index (κ1) is 23.1. The first-order chi connectivity index (χ1) is 17.7. The van der Waals surface area contributed by atoms with E-state index in [-0.39, 0.29) is 17.4 Å². The monoisotopic (exact) mass is 483 g/mol. The first-order valence-electron chi connectivity index (χ1n) is 13.2. The SMILES string of the molecule is COc1cccc2c1OCC[C@]21C[NH2+]C[C@H]1C(=O)N1CC[C@@H](c2ccccc2)C[C@H]1c1ccccc1. The molecule has 0 aliphatic carbocycles. The fraction of sp³-hybridized carbons (Fsp3) is 0.387. The maximum atomic E-state index is 14.5. The Morgan fingerprint density at radius 2 is 1.75 bits per heavy atom. The Balaban J connectivity index is 1.35. The normalized spacial score (nSPS) is 27.4. The van der Waals surface area contributed by atoms with Gasteiger partial charge in [0.25, 0.3) is 0 Å². The Morgan fingerprint density at radius 3 is 2.50 bits per heavy atom. The van der Waals surface area contributed by atoms with Gasteiger partial charge in [-0.05, 0) is 42.4 Å². The molecule has 186 valence electrons. The lowest BCUT2D eigenvalue weighted by Crippen LogP contribution is -2.82. The number of nitrogens with zero attached hydrogens (tertiary/aromatic N) is 1. The van der Waals surface area contributed by atoms with Crippen molar-refractivity contribution in [3.05, 3.63) is 95.6 Å². The number of benzene rings is 3. The molecule has 4 atom stereocenters. The van der Waals surface area contributed by atoms with Gasteiger partial charge in [-0.1, -0.05) is 72.8 Å². The van der Waals surface area contributed by atoms with E-state index in [9.17, 15) is 4.79 Å². The van der Waals surface area contributed by atoms with Crippen LogP contribution in [0.25, 0.3) is 0 Å². The number of likely N-dealkylation sites (tertiary alicyclic amines) is 1. The van der Waals surface area contributed by atoms with Gasteiger partial charge in [0, 0.05) is 12.1 Å². The summed E-state index contributed by atoms with van der Waals surface area (Å²) in [4.78, 5) is 16.7. The molecule has 6 rings (SSSR count). The Labute approximate surface area is 213 Å². The highest BCUT2D eigenvalue weighted by Crippen LogP contribution is 2.49. The average molecular weight is 484 g/mol. The van der Waals surface area contributed by atoms with Crippen LogP contribution >= 0.6 is 0 Å². The van der Waals surface area contributed by atoms with Gasteiger partial charge in [0.2, 0.25) is 5.91 Å². The molecule has 3 heterocycles. The van der Waals surface area contributed by atoms with E-state index in [0.29, 0.717) is 18.4 Å². The van der Waals surface area contributed by atoms with Crippen LogP contribution in [0.1, 0.15) is 47.9 Å². The summed E-state index contributed by atoms with van der Waals surface area (Å²) >= 11 is 0. The highest BCUT2D eigenvalue weighted by atomic mass is 16.5. The van der Waals surface area contributed by atoms with Gasteiger partial charge in [-0.2, -0.15) is 0 Å². The van der Waals surface area contributed by atoms with Crippen LogP contribution in [0.2, 0.25) is 0 Å². The third-order valence-electron chi connectivity index (χ3n) is 8.75. The van der Waals surface area contributed by atoms with Gasteiger partial charge >= 0.3 is 0 Å². The highest BCUT2D eigenvalue weighted by molar-refractivity contribution is 5.82. The molecule has 5 nitrogen and oxygen atoms in total. The molecule has 1 amide bonds. The molecule has 2 fully saturated rings. The number of carbonyl (C=O) groups is 1. The average Bonchev–Trinajstić information content (AvgIpc) is 3.37. The van der Waals surface area contributed by atoms with Gasteiger partial charge in [-0.3, -0.25) is 4.79 Å². The zero-order valence-electron chi connectivity index (χ0n) is 20.9. The largest absolute Gasteiger partial charge is 0.493 e. The Bertz CT molecular complexity index is 1220. The molecule has 36 heavy (non-hydrogen) atoms. The second kappa shape index (κ2) is 9.62. The number of para-hydroxylation sites is 1. The molecule has 0 saturated carbocycles. The molecule has 2 N–H and O–H groups in total. The number of piperidine rings is 1. The summed E-state index contributed by atoms with van der Waals surface area (Å²) in [5, 5.41) is 2.32. The minimum absolute atomic E-state index is 0.0771. The lowest BCUT2D eigenvalue weighted by Gasteiger charge is -2.44. The van der Waals surface area contributed by atoms with Gasteiger partial charge < -0.3 is 19.7 Å². The topological polar surface area (TPSA) is 55.4 Å². The van der Waals surface area contributed by atoms with Crippen LogP contribution in [-0.2, 0) is 10.2 Å². The van der Waals surface area contributed by atoms with E-state index in [1.807, 2.05) is 12.1 Å². The molecule has 1 spiro atoms. The van der Waals surface area contributed by atoms with Crippen molar-refractivity contribution >= 4 is 5.91 Å². The molecule has 3 aromatic rings. The highest BCUT2D eigenvalue weighted by Gasteiger charge is 2.56. The number of quaternary nitrogens is 1. The fourth-order valence-corrected chi connectivity index (χ4v) is 6.92. The summed E-state index contributed by atoms with van der Waals surface area (Å²) in [5.74, 6) is 2.25. The van der Waals surface area contributed by atoms with E-state index in [0.717, 1.165) is 56.0 Å². The second-order valence-electron chi connectivity index (χ2n) is 10.5. The van der Waals surface area contributed by atoms with Crippen molar-refractivity contribution in [2.24, 2.45) is 5.92 Å². The minimum atomic E-state index is -0.225. The number of ether oxygens (including phenoxy) is 2. The number of nitrogens with two attached hydrogens (primary N) is 1. The maximum absolute atomic E-state index is 14.5. The van der Waals surface area contributed by atoms with E-state index in [1.54, 1.807) is 7.11 Å². The van der Waals surface area contributed by atoms with Crippen LogP contribution < -0.4 is 14.8 Å². The molecule has 5 heteroatoms. The Hall–Kier alpha value is -3.31. The van der Waals surface area contributed by atoms with Crippen LogP contribution in [-0.4, -0.2) is 44.2 Å². The molecular formula is C31H35N2O3+. The lowest BCUT2D eigenvalue weighted by molar-refractivity contribution is -0.640. The molecule has 3 aliphatic rings. The van der Waals surface area contributed by atoms with Gasteiger partial charge in [-0.25, -0.2) is 0 Å². The fourth-order valence-electron chi connectivity index (χ4n) is 6.92. The third kappa shape index (κ3) is 3.86. The van der Waals surface area contributed by atoms with Crippen LogP contribution in [0.5, 0.6) is 11.5 Å². The van der Waals surface area contributed by atoms with E-state index < -0.39 is 0 Å². The Morgan fingerprint density at radius 1 is 1.00 bits per heavy atom. The zero-order chi connectivity index (χ0) is 24.5. The zero-order valence-corrected chi connectivity index (χ0v) is 20.9. The van der Waals surface area contributed by atoms with Crippen molar-refractivity contribution in [3.63, 3.8) is 0 Å². The second-order valence-corrected chi connectivity index (χ2v) is 10.5. The van der Waals surface area contributed by atoms with Crippen LogP contribution in [0.4, 0.5) is 0 Å². The van der Waals surface area contributed by atoms with Gasteiger partial charge in [0.1, 0.15) is 5.92 Å². The first-order valence-corrected chi connectivity index (χ1v) is 13.2. The summed E-state index contributed by atoms with van der Waals surface area (Å²) in [6, 6.07) is 27.6. The molecule has 0 unspecified atom stereocenters. The predicted octanol–water partition coefficient (Wildman–Crippen LogP) is 4.06. The number of carbonyl (C=O) groups excluding carboxylic acids is 1. The maximum Gasteiger partial charge on any atom is 0.233 e. The quantitative estimate of drug-likeness (QED) is 0.609. The van der Waals surface area contributed by atoms with Gasteiger partial charge in [-0.15, -0.1) is 0 Å². The summed E-state index contributed by atoms with van der Waals surface area (Å²) in [6.45, 7) is 3.12. The van der Waals surface area contributed by atoms with E-state index >= 15 is 0 Å². The van der Waals surface area contributed by atoms with Crippen molar-refractivity contribution < 1.29 is 19.6 Å². The number of amides is 1. The van der Waals surface area contributed by atoms with Crippen molar-refractivity contribution in [1.82, 2.24) is 4.90 Å². The van der Waals surface area contributed by atoms with Crippen molar-refractivity contribution in [2.75, 3.05) is 33.4 Å². The van der Waals surface area contributed by atoms with Crippen molar-refractivity contribution in [3.8, 4) is 11.5 Å². The number of methoxy groups -OCH3 is 1. The minimum Gasteiger partial charge on any atom is -0.493 e. The number of hydrogen-bond acceptors (Lipinski definition) is 3. The summed E-state index contributed by atoms with van der Waals surface area (Å²) in [7, 11) is 1.69. The van der Waals surface area contributed by atoms with Crippen LogP contribution in [0, 0.1) is 5.92 Å². The van der Waals surface area contributed by atoms with E-state index in [1.165, 1.54) is 11.1 Å². The molecule has 3 aliphatic heterocycles. The molecule has 0 radical (unpaired) electrons. The standard InChI is InChI=1S/C31H34N2O3/c1-35-28-14-8-13-25-29(28)36-18-16-31(25)21-32-20-26(31)30(34)33-17-15-24(22-9-4-2-5-10-22)19-27(33)23-11-6-3-7-12-23/h2-14,24,26-27,32H,15-21H2,1H3/p+1/t24-,26+,27+,31+/m1/s1. The number of hydrogen-bond donors (Lipinski definition) is 1. The van der Waals surface area contributed by atoms with Crippen LogP contribution in [0.3, 0.4) is 0 Å². The van der Waals surface area contributed by atoms with Crippen molar-refractivity contribution in [1.29, 1.82) is 0 Å². The summed E-state index contributed by atoms with van der Waals surface area (Å²) in [5.41, 5.74) is 3.52. The summed E-state index contributed by atoms with van der Waals surface area (Å²) in [6.07, 6.45) is 2.81. The van der Waals surface area contributed by atoms with Gasteiger partial charge in [0.05, 0.1) is 38.3 Å².